The Morgan fingerprint density at radius 3 is 3.06 bits per heavy atom. The van der Waals surface area contributed by atoms with Gasteiger partial charge in [-0.25, -0.2) is 4.39 Å². The lowest BCUT2D eigenvalue weighted by Crippen LogP contribution is -2.14. The van der Waals surface area contributed by atoms with E-state index in [4.69, 9.17) is 16.3 Å². The van der Waals surface area contributed by atoms with Crippen LogP contribution in [0.4, 0.5) is 4.39 Å². The highest BCUT2D eigenvalue weighted by molar-refractivity contribution is 6.30. The predicted molar refractivity (Wildman–Crippen MR) is 63.7 cm³/mol. The largest absolute Gasteiger partial charge is 0.378 e. The minimum absolute atomic E-state index is 0.00179. The first-order chi connectivity index (χ1) is 8.15. The Morgan fingerprint density at radius 1 is 1.53 bits per heavy atom. The van der Waals surface area contributed by atoms with Crippen LogP contribution < -0.4 is 0 Å². The molecule has 1 aliphatic rings. The molecule has 4 heteroatoms. The van der Waals surface area contributed by atoms with Gasteiger partial charge in [-0.2, -0.15) is 0 Å². The normalized spacial score (nSPS) is 19.5. The summed E-state index contributed by atoms with van der Waals surface area (Å²) in [5.41, 5.74) is 0.362. The quantitative estimate of drug-likeness (QED) is 0.827. The lowest BCUT2D eigenvalue weighted by Gasteiger charge is -2.08. The molecule has 1 aromatic rings. The fourth-order valence-corrected chi connectivity index (χ4v) is 2.22. The van der Waals surface area contributed by atoms with Crippen LogP contribution in [-0.2, 0) is 16.0 Å². The molecule has 0 amide bonds. The zero-order chi connectivity index (χ0) is 12.3. The van der Waals surface area contributed by atoms with E-state index in [1.807, 2.05) is 0 Å². The number of carbonyl (C=O) groups excluding carboxylic acids is 1. The van der Waals surface area contributed by atoms with Gasteiger partial charge in [0.15, 0.2) is 0 Å². The third-order valence-electron chi connectivity index (χ3n) is 2.87. The second-order valence-electron chi connectivity index (χ2n) is 4.29. The van der Waals surface area contributed by atoms with E-state index in [-0.39, 0.29) is 24.1 Å². The van der Waals surface area contributed by atoms with E-state index in [1.54, 1.807) is 0 Å². The van der Waals surface area contributed by atoms with Crippen molar-refractivity contribution in [3.8, 4) is 0 Å². The standard InChI is InChI=1S/C13H14ClFO2/c14-10-3-4-13(15)9(6-10)7-11(16)8-12-2-1-5-17-12/h3-4,6,12H,1-2,5,7-8H2. The average molecular weight is 257 g/mol. The molecule has 0 saturated carbocycles. The lowest BCUT2D eigenvalue weighted by molar-refractivity contribution is -0.120. The first-order valence-electron chi connectivity index (χ1n) is 5.72. The number of hydrogen-bond acceptors (Lipinski definition) is 2. The van der Waals surface area contributed by atoms with E-state index >= 15 is 0 Å². The Morgan fingerprint density at radius 2 is 2.35 bits per heavy atom. The maximum atomic E-state index is 13.4. The van der Waals surface area contributed by atoms with Crippen LogP contribution in [0, 0.1) is 5.82 Å². The molecular formula is C13H14ClFO2. The summed E-state index contributed by atoms with van der Waals surface area (Å²) in [6, 6.07) is 4.27. The van der Waals surface area contributed by atoms with E-state index in [9.17, 15) is 9.18 Å². The van der Waals surface area contributed by atoms with Gasteiger partial charge in [-0.15, -0.1) is 0 Å². The van der Waals surface area contributed by atoms with Crippen molar-refractivity contribution in [1.29, 1.82) is 0 Å². The van der Waals surface area contributed by atoms with Crippen molar-refractivity contribution in [2.24, 2.45) is 0 Å². The number of benzene rings is 1. The highest BCUT2D eigenvalue weighted by atomic mass is 35.5. The maximum absolute atomic E-state index is 13.4. The second-order valence-corrected chi connectivity index (χ2v) is 4.73. The molecule has 1 atom stereocenters. The van der Waals surface area contributed by atoms with Gasteiger partial charge in [0.1, 0.15) is 11.6 Å². The predicted octanol–water partition coefficient (Wildman–Crippen LogP) is 3.16. The summed E-state index contributed by atoms with van der Waals surface area (Å²) in [5, 5.41) is 0.450. The number of rotatable bonds is 4. The van der Waals surface area contributed by atoms with Crippen molar-refractivity contribution >= 4 is 17.4 Å². The monoisotopic (exact) mass is 256 g/mol. The molecule has 0 radical (unpaired) electrons. The summed E-state index contributed by atoms with van der Waals surface area (Å²) in [6.07, 6.45) is 2.40. The summed E-state index contributed by atoms with van der Waals surface area (Å²) in [4.78, 5) is 11.7. The molecule has 92 valence electrons. The van der Waals surface area contributed by atoms with Crippen molar-refractivity contribution < 1.29 is 13.9 Å². The number of carbonyl (C=O) groups is 1. The minimum Gasteiger partial charge on any atom is -0.378 e. The zero-order valence-corrected chi connectivity index (χ0v) is 10.2. The van der Waals surface area contributed by atoms with Crippen LogP contribution in [0.5, 0.6) is 0 Å². The van der Waals surface area contributed by atoms with E-state index in [0.717, 1.165) is 19.4 Å². The Kier molecular flexibility index (Phi) is 4.13. The van der Waals surface area contributed by atoms with E-state index in [0.29, 0.717) is 17.0 Å². The smallest absolute Gasteiger partial charge is 0.139 e. The lowest BCUT2D eigenvalue weighted by atomic mass is 10.0. The fraction of sp³-hybridized carbons (Fsp3) is 0.462. The summed E-state index contributed by atoms with van der Waals surface area (Å²) < 4.78 is 18.8. The molecule has 1 fully saturated rings. The molecule has 1 unspecified atom stereocenters. The van der Waals surface area contributed by atoms with Crippen LogP contribution in [0.3, 0.4) is 0 Å². The fourth-order valence-electron chi connectivity index (χ4n) is 2.02. The van der Waals surface area contributed by atoms with E-state index < -0.39 is 0 Å². The third-order valence-corrected chi connectivity index (χ3v) is 3.11. The SMILES string of the molecule is O=C(Cc1cc(Cl)ccc1F)CC1CCCO1. The molecule has 0 spiro atoms. The van der Waals surface area contributed by atoms with Crippen LogP contribution in [0.2, 0.25) is 5.02 Å². The summed E-state index contributed by atoms with van der Waals surface area (Å²) in [7, 11) is 0. The number of halogens is 2. The molecule has 2 nitrogen and oxygen atoms in total. The van der Waals surface area contributed by atoms with Gasteiger partial charge in [-0.05, 0) is 36.6 Å². The summed E-state index contributed by atoms with van der Waals surface area (Å²) in [6.45, 7) is 0.726. The molecule has 0 aromatic heterocycles. The molecule has 17 heavy (non-hydrogen) atoms. The number of ether oxygens (including phenoxy) is 1. The van der Waals surface area contributed by atoms with Gasteiger partial charge in [-0.3, -0.25) is 4.79 Å². The van der Waals surface area contributed by atoms with Crippen molar-refractivity contribution in [3.63, 3.8) is 0 Å². The van der Waals surface area contributed by atoms with Gasteiger partial charge in [0.25, 0.3) is 0 Å². The number of hydrogen-bond donors (Lipinski definition) is 0. The van der Waals surface area contributed by atoms with Crippen LogP contribution in [-0.4, -0.2) is 18.5 Å². The topological polar surface area (TPSA) is 26.3 Å². The molecule has 0 aliphatic carbocycles. The molecule has 1 heterocycles. The van der Waals surface area contributed by atoms with Gasteiger partial charge in [0.05, 0.1) is 6.10 Å². The summed E-state index contributed by atoms with van der Waals surface area (Å²) >= 11 is 5.77. The number of ketones is 1. The van der Waals surface area contributed by atoms with Gasteiger partial charge in [0, 0.05) is 24.5 Å². The van der Waals surface area contributed by atoms with Gasteiger partial charge in [0.2, 0.25) is 0 Å². The Balaban J connectivity index is 1.95. The summed E-state index contributed by atoms with van der Waals surface area (Å²) in [5.74, 6) is -0.381. The Bertz CT molecular complexity index is 414. The molecule has 1 aliphatic heterocycles. The minimum atomic E-state index is -0.380. The van der Waals surface area contributed by atoms with Crippen LogP contribution in [0.15, 0.2) is 18.2 Å². The molecule has 0 bridgehead atoms. The highest BCUT2D eigenvalue weighted by Gasteiger charge is 2.19. The first-order valence-corrected chi connectivity index (χ1v) is 6.10. The van der Waals surface area contributed by atoms with Crippen LogP contribution >= 0.6 is 11.6 Å². The molecule has 2 rings (SSSR count). The van der Waals surface area contributed by atoms with Crippen LogP contribution in [0.25, 0.3) is 0 Å². The second kappa shape index (κ2) is 5.61. The van der Waals surface area contributed by atoms with Gasteiger partial charge in [-0.1, -0.05) is 11.6 Å². The third kappa shape index (κ3) is 3.51. The number of Topliss-reactive ketones (excluding diaryl/α,β-unsaturated/α-hetero) is 1. The van der Waals surface area contributed by atoms with E-state index in [2.05, 4.69) is 0 Å². The Hall–Kier alpha value is -0.930. The average Bonchev–Trinajstić information content (AvgIpc) is 2.76. The maximum Gasteiger partial charge on any atom is 0.139 e. The van der Waals surface area contributed by atoms with Gasteiger partial charge < -0.3 is 4.74 Å². The first kappa shape index (κ1) is 12.5. The van der Waals surface area contributed by atoms with E-state index in [1.165, 1.54) is 18.2 Å². The Labute approximate surface area is 105 Å². The molecule has 0 N–H and O–H groups in total. The molecule has 1 aromatic carbocycles. The van der Waals surface area contributed by atoms with Crippen molar-refractivity contribution in [1.82, 2.24) is 0 Å². The van der Waals surface area contributed by atoms with Crippen molar-refractivity contribution in [2.45, 2.75) is 31.8 Å². The zero-order valence-electron chi connectivity index (χ0n) is 9.42. The molecule has 1 saturated heterocycles. The molecular weight excluding hydrogens is 243 g/mol. The van der Waals surface area contributed by atoms with Gasteiger partial charge >= 0.3 is 0 Å². The van der Waals surface area contributed by atoms with Crippen molar-refractivity contribution in [3.05, 3.63) is 34.6 Å². The van der Waals surface area contributed by atoms with Crippen molar-refractivity contribution in [2.75, 3.05) is 6.61 Å². The van der Waals surface area contributed by atoms with Crippen LogP contribution in [0.1, 0.15) is 24.8 Å². The highest BCUT2D eigenvalue weighted by Crippen LogP contribution is 2.19.